The highest BCUT2D eigenvalue weighted by Gasteiger charge is 2.44. The van der Waals surface area contributed by atoms with Gasteiger partial charge in [0, 0.05) is 87.0 Å². The molecule has 4 aliphatic heterocycles. The zero-order valence-corrected chi connectivity index (χ0v) is 29.4. The number of hydrogen-bond acceptors (Lipinski definition) is 6. The SMILES string of the molecule is C=CC(=O)N1CCC(n2nc(N3CC[C@@H](CN4C[C@@H]5CN(C(C)=O)C[C@@H]5C4)CC3(C)C)c(-c3c(Cl)c(Cl)cc4[nH]ncc34)c2C)CC1. The highest BCUT2D eigenvalue weighted by molar-refractivity contribution is 6.45. The molecule has 1 N–H and O–H groups in total. The molecule has 0 spiro atoms. The maximum atomic E-state index is 12.3. The summed E-state index contributed by atoms with van der Waals surface area (Å²) in [7, 11) is 0. The first-order valence-corrected chi connectivity index (χ1v) is 17.8. The predicted molar refractivity (Wildman–Crippen MR) is 187 cm³/mol. The summed E-state index contributed by atoms with van der Waals surface area (Å²) in [4.78, 5) is 33.3. The minimum absolute atomic E-state index is 0.0186. The number of carbonyl (C=O) groups excluding carboxylic acids is 2. The summed E-state index contributed by atoms with van der Waals surface area (Å²) in [5, 5.41) is 14.7. The second kappa shape index (κ2) is 12.4. The zero-order valence-electron chi connectivity index (χ0n) is 27.9. The standard InChI is InChI=1S/C35H46Cl2N8O2/c1-6-30(47)42-10-8-26(9-11-42)45-21(2)31(32-27-15-38-39-29(27)13-28(36)33(32)37)34(40-45)44-12-7-23(14-35(44,4)5)16-41-17-24-19-43(22(3)46)20-25(24)18-41/h6,13,15,23-26H,1,7-12,14,16-20H2,2-5H3,(H,38,39)/t23-,24-,25+/m1/s1. The van der Waals surface area contributed by atoms with Crippen molar-refractivity contribution in [1.29, 1.82) is 0 Å². The number of hydrogen-bond donors (Lipinski definition) is 1. The van der Waals surface area contributed by atoms with Gasteiger partial charge in [0.2, 0.25) is 11.8 Å². The van der Waals surface area contributed by atoms with E-state index in [0.29, 0.717) is 40.9 Å². The minimum Gasteiger partial charge on any atom is -0.349 e. The quantitative estimate of drug-likeness (QED) is 0.331. The average Bonchev–Trinajstić information content (AvgIpc) is 3.81. The lowest BCUT2D eigenvalue weighted by Gasteiger charge is -2.47. The summed E-state index contributed by atoms with van der Waals surface area (Å²) in [6, 6.07) is 1.99. The molecule has 4 fully saturated rings. The number of anilines is 1. The number of nitrogens with one attached hydrogen (secondary N) is 1. The van der Waals surface area contributed by atoms with Crippen molar-refractivity contribution in [2.75, 3.05) is 57.3 Å². The van der Waals surface area contributed by atoms with Crippen molar-refractivity contribution in [3.63, 3.8) is 0 Å². The number of halogens is 2. The molecule has 2 aromatic heterocycles. The molecular weight excluding hydrogens is 635 g/mol. The van der Waals surface area contributed by atoms with Crippen LogP contribution in [-0.4, -0.2) is 104 Å². The van der Waals surface area contributed by atoms with Crippen molar-refractivity contribution in [3.8, 4) is 11.1 Å². The van der Waals surface area contributed by atoms with Gasteiger partial charge in [-0.05, 0) is 76.4 Å². The first kappa shape index (κ1) is 32.5. The highest BCUT2D eigenvalue weighted by atomic mass is 35.5. The van der Waals surface area contributed by atoms with Crippen LogP contribution in [0.1, 0.15) is 58.2 Å². The third-order valence-corrected chi connectivity index (χ3v) is 12.2. The normalized spacial score (nSPS) is 25.1. The Labute approximate surface area is 287 Å². The Hall–Kier alpha value is -3.08. The van der Waals surface area contributed by atoms with Crippen LogP contribution in [0.2, 0.25) is 10.0 Å². The molecule has 4 aliphatic rings. The Morgan fingerprint density at radius 3 is 2.38 bits per heavy atom. The summed E-state index contributed by atoms with van der Waals surface area (Å²) in [5.74, 6) is 2.91. The van der Waals surface area contributed by atoms with Crippen molar-refractivity contribution in [3.05, 3.63) is 40.7 Å². The lowest BCUT2D eigenvalue weighted by Crippen LogP contribution is -2.52. The van der Waals surface area contributed by atoms with Crippen molar-refractivity contribution in [1.82, 2.24) is 34.7 Å². The number of carbonyl (C=O) groups is 2. The monoisotopic (exact) mass is 680 g/mol. The van der Waals surface area contributed by atoms with Crippen molar-refractivity contribution >= 4 is 51.7 Å². The van der Waals surface area contributed by atoms with Gasteiger partial charge in [-0.1, -0.05) is 29.8 Å². The van der Waals surface area contributed by atoms with Crippen LogP contribution in [-0.2, 0) is 9.59 Å². The molecule has 7 rings (SSSR count). The fraction of sp³-hybridized carbons (Fsp3) is 0.600. The number of nitrogens with zero attached hydrogens (tertiary/aromatic N) is 7. The highest BCUT2D eigenvalue weighted by Crippen LogP contribution is 2.48. The molecule has 2 amide bonds. The predicted octanol–water partition coefficient (Wildman–Crippen LogP) is 5.80. The minimum atomic E-state index is -0.148. The number of fused-ring (bicyclic) bond motifs is 2. The van der Waals surface area contributed by atoms with E-state index < -0.39 is 0 Å². The zero-order chi connectivity index (χ0) is 33.2. The molecule has 1 aromatic carbocycles. The van der Waals surface area contributed by atoms with Gasteiger partial charge in [-0.25, -0.2) is 0 Å². The molecule has 3 aromatic rings. The van der Waals surface area contributed by atoms with Gasteiger partial charge in [-0.2, -0.15) is 10.2 Å². The molecule has 6 heterocycles. The first-order chi connectivity index (χ1) is 22.4. The van der Waals surface area contributed by atoms with Crippen LogP contribution in [0.3, 0.4) is 0 Å². The molecule has 252 valence electrons. The van der Waals surface area contributed by atoms with Crippen molar-refractivity contribution in [2.45, 2.75) is 65.0 Å². The van der Waals surface area contributed by atoms with Gasteiger partial charge in [0.05, 0.1) is 27.8 Å². The summed E-state index contributed by atoms with van der Waals surface area (Å²) in [6.45, 7) is 19.5. The molecule has 0 bridgehead atoms. The fourth-order valence-electron chi connectivity index (χ4n) is 9.02. The van der Waals surface area contributed by atoms with Crippen LogP contribution in [0, 0.1) is 24.7 Å². The molecule has 4 saturated heterocycles. The van der Waals surface area contributed by atoms with Crippen molar-refractivity contribution < 1.29 is 9.59 Å². The van der Waals surface area contributed by atoms with E-state index in [2.05, 4.69) is 52.0 Å². The van der Waals surface area contributed by atoms with Gasteiger partial charge >= 0.3 is 0 Å². The Balaban J connectivity index is 1.18. The number of amides is 2. The van der Waals surface area contributed by atoms with E-state index in [-0.39, 0.29) is 23.4 Å². The number of rotatable bonds is 6. The number of benzene rings is 1. The molecule has 0 saturated carbocycles. The van der Waals surface area contributed by atoms with E-state index in [9.17, 15) is 9.59 Å². The van der Waals surface area contributed by atoms with Gasteiger partial charge in [-0.3, -0.25) is 19.4 Å². The molecule has 3 atom stereocenters. The molecular formula is C35H46Cl2N8O2. The van der Waals surface area contributed by atoms with Crippen LogP contribution >= 0.6 is 23.2 Å². The first-order valence-electron chi connectivity index (χ1n) is 17.0. The lowest BCUT2D eigenvalue weighted by atomic mass is 9.82. The Morgan fingerprint density at radius 2 is 1.74 bits per heavy atom. The summed E-state index contributed by atoms with van der Waals surface area (Å²) in [5.41, 5.74) is 3.60. The third-order valence-electron chi connectivity index (χ3n) is 11.4. The molecule has 12 heteroatoms. The van der Waals surface area contributed by atoms with Gasteiger partial charge in [-0.15, -0.1) is 0 Å². The number of piperidine rings is 2. The summed E-state index contributed by atoms with van der Waals surface area (Å²) in [6.07, 6.45) is 6.99. The Kier molecular flexibility index (Phi) is 8.58. The van der Waals surface area contributed by atoms with Crippen LogP contribution in [0.4, 0.5) is 5.82 Å². The maximum Gasteiger partial charge on any atom is 0.245 e. The molecule has 47 heavy (non-hydrogen) atoms. The van der Waals surface area contributed by atoms with Crippen LogP contribution < -0.4 is 4.90 Å². The molecule has 0 aliphatic carbocycles. The molecule has 0 unspecified atom stereocenters. The van der Waals surface area contributed by atoms with Crippen molar-refractivity contribution in [2.24, 2.45) is 17.8 Å². The summed E-state index contributed by atoms with van der Waals surface area (Å²) < 4.78 is 2.18. The van der Waals surface area contributed by atoms with Crippen LogP contribution in [0.25, 0.3) is 22.0 Å². The number of likely N-dealkylation sites (tertiary alicyclic amines) is 3. The lowest BCUT2D eigenvalue weighted by molar-refractivity contribution is -0.128. The van der Waals surface area contributed by atoms with E-state index in [1.165, 1.54) is 6.08 Å². The summed E-state index contributed by atoms with van der Waals surface area (Å²) >= 11 is 13.8. The van der Waals surface area contributed by atoms with Gasteiger partial charge in [0.25, 0.3) is 0 Å². The average molecular weight is 682 g/mol. The van der Waals surface area contributed by atoms with E-state index in [0.717, 1.165) is 98.5 Å². The Morgan fingerprint density at radius 1 is 1.04 bits per heavy atom. The molecule has 10 nitrogen and oxygen atoms in total. The maximum absolute atomic E-state index is 12.3. The van der Waals surface area contributed by atoms with Gasteiger partial charge in [0.1, 0.15) is 0 Å². The third kappa shape index (κ3) is 5.84. The van der Waals surface area contributed by atoms with E-state index in [1.54, 1.807) is 6.92 Å². The van der Waals surface area contributed by atoms with E-state index >= 15 is 0 Å². The van der Waals surface area contributed by atoms with E-state index in [4.69, 9.17) is 28.3 Å². The van der Waals surface area contributed by atoms with Crippen LogP contribution in [0.15, 0.2) is 24.9 Å². The number of H-pyrrole nitrogens is 1. The van der Waals surface area contributed by atoms with Gasteiger partial charge in [0.15, 0.2) is 5.82 Å². The number of aromatic amines is 1. The van der Waals surface area contributed by atoms with Crippen LogP contribution in [0.5, 0.6) is 0 Å². The largest absolute Gasteiger partial charge is 0.349 e. The fourth-order valence-corrected chi connectivity index (χ4v) is 9.48. The Bertz CT molecular complexity index is 1690. The second-order valence-electron chi connectivity index (χ2n) is 14.9. The molecule has 0 radical (unpaired) electrons. The number of aromatic nitrogens is 4. The van der Waals surface area contributed by atoms with E-state index in [1.807, 2.05) is 22.1 Å². The topological polar surface area (TPSA) is 93.6 Å². The second-order valence-corrected chi connectivity index (χ2v) is 15.6. The van der Waals surface area contributed by atoms with Gasteiger partial charge < -0.3 is 19.6 Å². The smallest absolute Gasteiger partial charge is 0.245 e.